The van der Waals surface area contributed by atoms with Gasteiger partial charge in [0.15, 0.2) is 0 Å². The molecular weight excluding hydrogens is 453 g/mol. The lowest BCUT2D eigenvalue weighted by Gasteiger charge is -2.32. The number of rotatable bonds is 9. The molecular formula is C30H34FN3O2. The minimum Gasteiger partial charge on any atom is -0.497 e. The highest BCUT2D eigenvalue weighted by Gasteiger charge is 2.22. The number of halogens is 1. The average molecular weight is 488 g/mol. The number of aromatic nitrogens is 2. The third kappa shape index (κ3) is 5.54. The number of piperidine rings is 1. The second kappa shape index (κ2) is 11.1. The molecule has 188 valence electrons. The molecule has 0 atom stereocenters. The van der Waals surface area contributed by atoms with E-state index in [2.05, 4.69) is 27.7 Å². The van der Waals surface area contributed by atoms with Gasteiger partial charge in [-0.3, -0.25) is 0 Å². The summed E-state index contributed by atoms with van der Waals surface area (Å²) < 4.78 is 26.8. The van der Waals surface area contributed by atoms with E-state index in [9.17, 15) is 4.39 Å². The quantitative estimate of drug-likeness (QED) is 0.302. The van der Waals surface area contributed by atoms with Gasteiger partial charge < -0.3 is 18.9 Å². The van der Waals surface area contributed by atoms with Crippen LogP contribution in [0.4, 0.5) is 4.39 Å². The maximum Gasteiger partial charge on any atom is 0.123 e. The van der Waals surface area contributed by atoms with Crippen LogP contribution < -0.4 is 9.47 Å². The van der Waals surface area contributed by atoms with Crippen molar-refractivity contribution < 1.29 is 13.9 Å². The predicted octanol–water partition coefficient (Wildman–Crippen LogP) is 5.74. The fourth-order valence-electron chi connectivity index (χ4n) is 5.24. The molecule has 0 amide bonds. The Hall–Kier alpha value is -3.38. The molecule has 1 aliphatic rings. The number of fused-ring (bicyclic) bond motifs is 1. The summed E-state index contributed by atoms with van der Waals surface area (Å²) in [6.07, 6.45) is 4.27. The van der Waals surface area contributed by atoms with Crippen LogP contribution in [0, 0.1) is 11.7 Å². The van der Waals surface area contributed by atoms with Crippen molar-refractivity contribution in [3.63, 3.8) is 0 Å². The second-order valence-corrected chi connectivity index (χ2v) is 9.65. The number of benzene rings is 3. The highest BCUT2D eigenvalue weighted by molar-refractivity contribution is 5.78. The van der Waals surface area contributed by atoms with Gasteiger partial charge in [0.05, 0.1) is 25.3 Å². The van der Waals surface area contributed by atoms with Crippen LogP contribution in [-0.4, -0.2) is 48.3 Å². The van der Waals surface area contributed by atoms with Crippen LogP contribution in [0.25, 0.3) is 11.0 Å². The predicted molar refractivity (Wildman–Crippen MR) is 141 cm³/mol. The van der Waals surface area contributed by atoms with Crippen molar-refractivity contribution in [3.8, 4) is 11.5 Å². The fraction of sp³-hybridized carbons (Fsp3) is 0.367. The van der Waals surface area contributed by atoms with Crippen molar-refractivity contribution in [2.24, 2.45) is 5.92 Å². The molecule has 5 rings (SSSR count). The van der Waals surface area contributed by atoms with Gasteiger partial charge in [0.2, 0.25) is 0 Å². The van der Waals surface area contributed by atoms with E-state index in [0.717, 1.165) is 79.2 Å². The lowest BCUT2D eigenvalue weighted by Crippen LogP contribution is -2.36. The SMILES string of the molecule is COc1ccc2nc(CC3CCN(CCc4ccccc4OC)CC3)n(Cc3ccc(F)cc3)c2c1. The monoisotopic (exact) mass is 487 g/mol. The van der Waals surface area contributed by atoms with Crippen LogP contribution in [0.5, 0.6) is 11.5 Å². The van der Waals surface area contributed by atoms with Crippen LogP contribution in [0.2, 0.25) is 0 Å². The Bertz CT molecular complexity index is 1290. The summed E-state index contributed by atoms with van der Waals surface area (Å²) in [6, 6.07) is 21.1. The normalized spacial score (nSPS) is 14.9. The van der Waals surface area contributed by atoms with Crippen molar-refractivity contribution >= 4 is 11.0 Å². The molecule has 1 aromatic heterocycles. The molecule has 5 nitrogen and oxygen atoms in total. The number of methoxy groups -OCH3 is 2. The largest absolute Gasteiger partial charge is 0.497 e. The molecule has 1 aliphatic heterocycles. The van der Waals surface area contributed by atoms with E-state index in [1.165, 1.54) is 17.7 Å². The molecule has 0 spiro atoms. The van der Waals surface area contributed by atoms with Crippen molar-refractivity contribution in [2.45, 2.75) is 32.2 Å². The van der Waals surface area contributed by atoms with Gasteiger partial charge in [-0.05, 0) is 79.7 Å². The van der Waals surface area contributed by atoms with E-state index in [0.29, 0.717) is 12.5 Å². The number of nitrogens with zero attached hydrogens (tertiary/aromatic N) is 3. The van der Waals surface area contributed by atoms with Gasteiger partial charge in [-0.25, -0.2) is 9.37 Å². The van der Waals surface area contributed by atoms with Crippen molar-refractivity contribution in [2.75, 3.05) is 33.9 Å². The first-order chi connectivity index (χ1) is 17.6. The zero-order valence-electron chi connectivity index (χ0n) is 21.1. The molecule has 4 aromatic rings. The first-order valence-corrected chi connectivity index (χ1v) is 12.7. The molecule has 0 bridgehead atoms. The smallest absolute Gasteiger partial charge is 0.123 e. The number of likely N-dealkylation sites (tertiary alicyclic amines) is 1. The lowest BCUT2D eigenvalue weighted by molar-refractivity contribution is 0.184. The average Bonchev–Trinajstić information content (AvgIpc) is 3.25. The van der Waals surface area contributed by atoms with Gasteiger partial charge in [0.1, 0.15) is 23.1 Å². The third-order valence-electron chi connectivity index (χ3n) is 7.36. The minimum absolute atomic E-state index is 0.214. The van der Waals surface area contributed by atoms with Crippen molar-refractivity contribution in [1.82, 2.24) is 14.5 Å². The molecule has 1 saturated heterocycles. The highest BCUT2D eigenvalue weighted by atomic mass is 19.1. The summed E-state index contributed by atoms with van der Waals surface area (Å²) >= 11 is 0. The van der Waals surface area contributed by atoms with Gasteiger partial charge >= 0.3 is 0 Å². The van der Waals surface area contributed by atoms with E-state index in [1.807, 2.05) is 36.4 Å². The summed E-state index contributed by atoms with van der Waals surface area (Å²) in [4.78, 5) is 7.58. The molecule has 1 fully saturated rings. The van der Waals surface area contributed by atoms with Crippen LogP contribution in [0.15, 0.2) is 66.7 Å². The Morgan fingerprint density at radius 2 is 1.72 bits per heavy atom. The van der Waals surface area contributed by atoms with Gasteiger partial charge in [0.25, 0.3) is 0 Å². The van der Waals surface area contributed by atoms with E-state index in [1.54, 1.807) is 14.2 Å². The van der Waals surface area contributed by atoms with Crippen LogP contribution in [-0.2, 0) is 19.4 Å². The van der Waals surface area contributed by atoms with Gasteiger partial charge in [-0.15, -0.1) is 0 Å². The lowest BCUT2D eigenvalue weighted by atomic mass is 9.93. The molecule has 0 radical (unpaired) electrons. The van der Waals surface area contributed by atoms with Crippen molar-refractivity contribution in [1.29, 1.82) is 0 Å². The van der Waals surface area contributed by atoms with E-state index < -0.39 is 0 Å². The Balaban J connectivity index is 1.27. The zero-order valence-corrected chi connectivity index (χ0v) is 21.1. The molecule has 0 saturated carbocycles. The molecule has 2 heterocycles. The summed E-state index contributed by atoms with van der Waals surface area (Å²) in [7, 11) is 3.42. The molecule has 0 aliphatic carbocycles. The molecule has 36 heavy (non-hydrogen) atoms. The van der Waals surface area contributed by atoms with E-state index in [4.69, 9.17) is 14.5 Å². The topological polar surface area (TPSA) is 39.5 Å². The van der Waals surface area contributed by atoms with Gasteiger partial charge in [-0.2, -0.15) is 0 Å². The van der Waals surface area contributed by atoms with Crippen LogP contribution in [0.1, 0.15) is 29.8 Å². The summed E-state index contributed by atoms with van der Waals surface area (Å²) in [6.45, 7) is 3.92. The fourth-order valence-corrected chi connectivity index (χ4v) is 5.24. The molecule has 3 aromatic carbocycles. The number of hydrogen-bond donors (Lipinski definition) is 0. The van der Waals surface area contributed by atoms with E-state index in [-0.39, 0.29) is 5.82 Å². The maximum absolute atomic E-state index is 13.5. The highest BCUT2D eigenvalue weighted by Crippen LogP contribution is 2.28. The van der Waals surface area contributed by atoms with Crippen molar-refractivity contribution in [3.05, 3.63) is 89.5 Å². The second-order valence-electron chi connectivity index (χ2n) is 9.65. The Kier molecular flexibility index (Phi) is 7.52. The van der Waals surface area contributed by atoms with Gasteiger partial charge in [0, 0.05) is 25.6 Å². The van der Waals surface area contributed by atoms with Crippen LogP contribution in [0.3, 0.4) is 0 Å². The summed E-state index contributed by atoms with van der Waals surface area (Å²) in [5.41, 5.74) is 4.36. The van der Waals surface area contributed by atoms with E-state index >= 15 is 0 Å². The third-order valence-corrected chi connectivity index (χ3v) is 7.36. The maximum atomic E-state index is 13.5. The first-order valence-electron chi connectivity index (χ1n) is 12.7. The molecule has 0 unspecified atom stereocenters. The Labute approximate surface area is 212 Å². The Morgan fingerprint density at radius 3 is 2.47 bits per heavy atom. The van der Waals surface area contributed by atoms with Crippen LogP contribution >= 0.6 is 0 Å². The zero-order chi connectivity index (χ0) is 24.9. The number of para-hydroxylation sites is 1. The molecule has 6 heteroatoms. The Morgan fingerprint density at radius 1 is 0.944 bits per heavy atom. The number of imidazole rings is 1. The molecule has 0 N–H and O–H groups in total. The summed E-state index contributed by atoms with van der Waals surface area (Å²) in [5, 5.41) is 0. The number of ether oxygens (including phenoxy) is 2. The minimum atomic E-state index is -0.214. The summed E-state index contributed by atoms with van der Waals surface area (Å²) in [5.74, 6) is 3.27. The number of hydrogen-bond acceptors (Lipinski definition) is 4. The first kappa shape index (κ1) is 24.3. The van der Waals surface area contributed by atoms with Gasteiger partial charge in [-0.1, -0.05) is 30.3 Å². The standard InChI is InChI=1S/C30H34FN3O2/c1-35-26-11-12-27-28(20-26)34(21-23-7-9-25(31)10-8-23)30(32-27)19-22-13-16-33(17-14-22)18-15-24-5-3-4-6-29(24)36-2/h3-12,20,22H,13-19,21H2,1-2H3.